The van der Waals surface area contributed by atoms with E-state index in [1.54, 1.807) is 0 Å². The molecule has 0 amide bonds. The van der Waals surface area contributed by atoms with Gasteiger partial charge in [0.05, 0.1) is 11.4 Å². The average molecular weight is 592 g/mol. The average Bonchev–Trinajstić information content (AvgIpc) is 3.12. The summed E-state index contributed by atoms with van der Waals surface area (Å²) >= 11 is 0. The number of nitrogens with zero attached hydrogens (tertiary/aromatic N) is 1. The van der Waals surface area contributed by atoms with Crippen LogP contribution in [-0.2, 0) is 0 Å². The van der Waals surface area contributed by atoms with Gasteiger partial charge in [0.2, 0.25) is 0 Å². The smallest absolute Gasteiger partial charge is 0.0743 e. The second-order valence-corrected chi connectivity index (χ2v) is 12.0. The first-order chi connectivity index (χ1) is 22.5. The Bertz CT molecular complexity index is 2250. The van der Waals surface area contributed by atoms with Crippen molar-refractivity contribution in [1.29, 1.82) is 0 Å². The molecule has 0 bridgehead atoms. The van der Waals surface area contributed by atoms with Crippen LogP contribution in [0.3, 0.4) is 0 Å². The molecule has 7 aromatic carbocycles. The van der Waals surface area contributed by atoms with E-state index in [1.165, 1.54) is 65.7 Å². The highest BCUT2D eigenvalue weighted by atomic mass is 14.8. The minimum Gasteiger partial charge on any atom is -0.248 e. The molecule has 0 aliphatic rings. The molecule has 0 N–H and O–H groups in total. The molecule has 46 heavy (non-hydrogen) atoms. The second-order valence-electron chi connectivity index (χ2n) is 12.0. The third-order valence-electron chi connectivity index (χ3n) is 9.17. The quantitative estimate of drug-likeness (QED) is 0.129. The van der Waals surface area contributed by atoms with Crippen LogP contribution < -0.4 is 0 Å². The van der Waals surface area contributed by atoms with E-state index >= 15 is 0 Å². The van der Waals surface area contributed by atoms with Crippen LogP contribution in [0.2, 0.25) is 0 Å². The molecule has 0 saturated heterocycles. The zero-order chi connectivity index (χ0) is 31.6. The van der Waals surface area contributed by atoms with Crippen molar-refractivity contribution in [2.45, 2.75) is 27.2 Å². The molecule has 0 spiro atoms. The molecule has 7 rings (SSSR count). The van der Waals surface area contributed by atoms with Crippen molar-refractivity contribution < 1.29 is 0 Å². The number of allylic oxidation sites excluding steroid dienone is 2. The van der Waals surface area contributed by atoms with Crippen LogP contribution in [0.15, 0.2) is 163 Å². The van der Waals surface area contributed by atoms with Crippen LogP contribution in [0.25, 0.3) is 54.7 Å². The highest BCUT2D eigenvalue weighted by molar-refractivity contribution is 6.26. The molecule has 0 saturated carbocycles. The van der Waals surface area contributed by atoms with Crippen LogP contribution in [-0.4, -0.2) is 5.71 Å². The Morgan fingerprint density at radius 2 is 1.00 bits per heavy atom. The number of benzene rings is 7. The van der Waals surface area contributed by atoms with Gasteiger partial charge in [-0.15, -0.1) is 0 Å². The molecular weight excluding hydrogens is 555 g/mol. The topological polar surface area (TPSA) is 12.4 Å². The summed E-state index contributed by atoms with van der Waals surface area (Å²) in [6.45, 7) is 11.0. The molecule has 7 aromatic rings. The van der Waals surface area contributed by atoms with E-state index < -0.39 is 0 Å². The number of hydrogen-bond acceptors (Lipinski definition) is 1. The molecule has 1 nitrogen and oxygen atoms in total. The van der Waals surface area contributed by atoms with E-state index in [4.69, 9.17) is 4.99 Å². The maximum Gasteiger partial charge on any atom is 0.0743 e. The highest BCUT2D eigenvalue weighted by Crippen LogP contribution is 2.37. The lowest BCUT2D eigenvalue weighted by Gasteiger charge is -2.17. The Morgan fingerprint density at radius 3 is 1.57 bits per heavy atom. The minimum absolute atomic E-state index is 0.754. The van der Waals surface area contributed by atoms with Crippen LogP contribution >= 0.6 is 0 Å². The minimum atomic E-state index is 0.754. The van der Waals surface area contributed by atoms with Gasteiger partial charge in [-0.2, -0.15) is 0 Å². The maximum absolute atomic E-state index is 5.27. The van der Waals surface area contributed by atoms with Crippen molar-refractivity contribution in [1.82, 2.24) is 0 Å². The normalized spacial score (nSPS) is 12.5. The summed E-state index contributed by atoms with van der Waals surface area (Å²) in [7, 11) is 0. The zero-order valence-electron chi connectivity index (χ0n) is 26.7. The molecule has 0 aliphatic heterocycles. The number of hydrogen-bond donors (Lipinski definition) is 0. The molecule has 0 heterocycles. The highest BCUT2D eigenvalue weighted by Gasteiger charge is 2.16. The van der Waals surface area contributed by atoms with Gasteiger partial charge in [0, 0.05) is 5.56 Å². The summed E-state index contributed by atoms with van der Waals surface area (Å²) in [6.07, 6.45) is 0.843. The van der Waals surface area contributed by atoms with Crippen molar-refractivity contribution in [3.63, 3.8) is 0 Å². The lowest BCUT2D eigenvalue weighted by atomic mass is 9.89. The summed E-state index contributed by atoms with van der Waals surface area (Å²) in [4.78, 5) is 5.27. The van der Waals surface area contributed by atoms with Gasteiger partial charge in [0.15, 0.2) is 0 Å². The maximum atomic E-state index is 5.27. The van der Waals surface area contributed by atoms with Gasteiger partial charge in [0.25, 0.3) is 0 Å². The van der Waals surface area contributed by atoms with Gasteiger partial charge in [-0.3, -0.25) is 0 Å². The summed E-state index contributed by atoms with van der Waals surface area (Å²) in [5, 5.41) is 7.71. The van der Waals surface area contributed by atoms with Crippen LogP contribution in [0.5, 0.6) is 0 Å². The van der Waals surface area contributed by atoms with E-state index in [2.05, 4.69) is 173 Å². The Balaban J connectivity index is 1.34. The molecule has 222 valence electrons. The van der Waals surface area contributed by atoms with Crippen molar-refractivity contribution in [2.24, 2.45) is 4.99 Å². The third-order valence-corrected chi connectivity index (χ3v) is 9.17. The summed E-state index contributed by atoms with van der Waals surface area (Å²) in [5.41, 5.74) is 11.1. The summed E-state index contributed by atoms with van der Waals surface area (Å²) in [6, 6.07) is 52.2. The Morgan fingerprint density at radius 1 is 0.522 bits per heavy atom. The molecule has 0 fully saturated rings. The lowest BCUT2D eigenvalue weighted by molar-refractivity contribution is 1.16. The Labute approximate surface area is 271 Å². The molecule has 0 atom stereocenters. The standard InChI is InChI=1S/C45H37N/c1-5-38(31(3)37-27-28-43-41-17-10-9-15-39(41)40-16-11-12-18-42(40)44(43)29-37)45(36-13-7-6-8-14-36)46-32(4)33-23-25-35(26-24-33)34-21-19-30(2)20-22-34/h6-29H,4-5H2,1-3H3/b38-31+,46-45?. The first kappa shape index (κ1) is 29.2. The fourth-order valence-corrected chi connectivity index (χ4v) is 6.63. The van der Waals surface area contributed by atoms with Crippen LogP contribution in [0.1, 0.15) is 42.5 Å². The SMILES string of the molecule is C=C(N=C(/C(CC)=C(\C)c1ccc2c3ccccc3c3ccccc3c2c1)c1ccccc1)c1ccc(-c2ccc(C)cc2)cc1. The summed E-state index contributed by atoms with van der Waals surface area (Å²) < 4.78 is 0. The van der Waals surface area contributed by atoms with E-state index in [-0.39, 0.29) is 0 Å². The van der Waals surface area contributed by atoms with Gasteiger partial charge >= 0.3 is 0 Å². The van der Waals surface area contributed by atoms with Crippen molar-refractivity contribution in [2.75, 3.05) is 0 Å². The van der Waals surface area contributed by atoms with E-state index in [9.17, 15) is 0 Å². The fourth-order valence-electron chi connectivity index (χ4n) is 6.63. The predicted octanol–water partition coefficient (Wildman–Crippen LogP) is 12.5. The molecule has 0 aliphatic carbocycles. The van der Waals surface area contributed by atoms with Gasteiger partial charge in [-0.1, -0.05) is 159 Å². The van der Waals surface area contributed by atoms with E-state index in [1.807, 2.05) is 0 Å². The molecular formula is C45H37N. The number of fused-ring (bicyclic) bond motifs is 6. The number of aryl methyl sites for hydroxylation is 1. The van der Waals surface area contributed by atoms with Crippen molar-refractivity contribution in [3.8, 4) is 11.1 Å². The van der Waals surface area contributed by atoms with E-state index in [0.717, 1.165) is 29.0 Å². The summed E-state index contributed by atoms with van der Waals surface area (Å²) in [5.74, 6) is 0. The first-order valence-corrected chi connectivity index (χ1v) is 16.1. The molecule has 0 unspecified atom stereocenters. The molecule has 0 aromatic heterocycles. The largest absolute Gasteiger partial charge is 0.248 e. The monoisotopic (exact) mass is 591 g/mol. The third kappa shape index (κ3) is 5.46. The van der Waals surface area contributed by atoms with Gasteiger partial charge in [-0.25, -0.2) is 4.99 Å². The van der Waals surface area contributed by atoms with Crippen LogP contribution in [0, 0.1) is 6.92 Å². The van der Waals surface area contributed by atoms with Gasteiger partial charge in [0.1, 0.15) is 0 Å². The molecule has 1 heteroatoms. The zero-order valence-corrected chi connectivity index (χ0v) is 26.7. The van der Waals surface area contributed by atoms with Gasteiger partial charge in [-0.05, 0) is 92.1 Å². The van der Waals surface area contributed by atoms with Crippen molar-refractivity contribution >= 4 is 49.3 Å². The Hall–Kier alpha value is -5.53. The lowest BCUT2D eigenvalue weighted by Crippen LogP contribution is -2.07. The predicted molar refractivity (Wildman–Crippen MR) is 200 cm³/mol. The fraction of sp³-hybridized carbons (Fsp3) is 0.0889. The van der Waals surface area contributed by atoms with Crippen molar-refractivity contribution in [3.05, 3.63) is 180 Å². The first-order valence-electron chi connectivity index (χ1n) is 16.1. The Kier molecular flexibility index (Phi) is 7.91. The van der Waals surface area contributed by atoms with E-state index in [0.29, 0.717) is 0 Å². The van der Waals surface area contributed by atoms with Crippen LogP contribution in [0.4, 0.5) is 0 Å². The number of rotatable bonds is 7. The number of aliphatic imine (C=N–C) groups is 1. The molecule has 0 radical (unpaired) electrons. The van der Waals surface area contributed by atoms with Gasteiger partial charge < -0.3 is 0 Å². The second kappa shape index (κ2) is 12.5.